The quantitative estimate of drug-likeness (QED) is 0.802. The molecule has 0 saturated carbocycles. The van der Waals surface area contributed by atoms with Gasteiger partial charge in [0.2, 0.25) is 5.89 Å². The van der Waals surface area contributed by atoms with Gasteiger partial charge in [-0.15, -0.1) is 0 Å². The number of nitrogens with two attached hydrogens (primary N) is 1. The fourth-order valence-electron chi connectivity index (χ4n) is 1.25. The lowest BCUT2D eigenvalue weighted by Crippen LogP contribution is -1.95. The van der Waals surface area contributed by atoms with Gasteiger partial charge in [0.15, 0.2) is 23.2 Å². The SMILES string of the molecule is NCc1ncc(-c2ccc(F)c(F)c2F)o1. The van der Waals surface area contributed by atoms with E-state index in [1.165, 1.54) is 6.20 Å². The predicted octanol–water partition coefficient (Wildman–Crippen LogP) is 2.22. The smallest absolute Gasteiger partial charge is 0.208 e. The highest BCUT2D eigenvalue weighted by Gasteiger charge is 2.17. The highest BCUT2D eigenvalue weighted by atomic mass is 19.2. The molecule has 16 heavy (non-hydrogen) atoms. The van der Waals surface area contributed by atoms with E-state index in [9.17, 15) is 13.2 Å². The molecule has 0 saturated heterocycles. The van der Waals surface area contributed by atoms with Crippen molar-refractivity contribution >= 4 is 0 Å². The summed E-state index contributed by atoms with van der Waals surface area (Å²) in [6, 6.07) is 1.90. The van der Waals surface area contributed by atoms with Gasteiger partial charge in [-0.25, -0.2) is 18.2 Å². The van der Waals surface area contributed by atoms with Crippen LogP contribution in [-0.2, 0) is 6.54 Å². The lowest BCUT2D eigenvalue weighted by atomic mass is 10.1. The standard InChI is InChI=1S/C10H7F3N2O/c11-6-2-1-5(9(12)10(6)13)7-4-15-8(3-14)16-7/h1-2,4H,3,14H2. The van der Waals surface area contributed by atoms with E-state index in [-0.39, 0.29) is 23.8 Å². The molecule has 1 heterocycles. The van der Waals surface area contributed by atoms with E-state index in [4.69, 9.17) is 10.2 Å². The van der Waals surface area contributed by atoms with Crippen LogP contribution in [0.15, 0.2) is 22.7 Å². The largest absolute Gasteiger partial charge is 0.439 e. The summed E-state index contributed by atoms with van der Waals surface area (Å²) in [6.45, 7) is 0.0469. The van der Waals surface area contributed by atoms with E-state index in [0.29, 0.717) is 0 Å². The first-order valence-corrected chi connectivity index (χ1v) is 4.42. The van der Waals surface area contributed by atoms with E-state index in [2.05, 4.69) is 4.98 Å². The van der Waals surface area contributed by atoms with Crippen LogP contribution in [0.2, 0.25) is 0 Å². The molecule has 84 valence electrons. The fourth-order valence-corrected chi connectivity index (χ4v) is 1.25. The molecule has 0 spiro atoms. The van der Waals surface area contributed by atoms with Gasteiger partial charge in [0.1, 0.15) is 0 Å². The van der Waals surface area contributed by atoms with E-state index in [0.717, 1.165) is 12.1 Å². The van der Waals surface area contributed by atoms with Crippen molar-refractivity contribution in [3.8, 4) is 11.3 Å². The fraction of sp³-hybridized carbons (Fsp3) is 0.100. The van der Waals surface area contributed by atoms with E-state index in [1.807, 2.05) is 0 Å². The summed E-state index contributed by atoms with van der Waals surface area (Å²) in [5.41, 5.74) is 5.06. The maximum atomic E-state index is 13.3. The third kappa shape index (κ3) is 1.67. The topological polar surface area (TPSA) is 52.0 Å². The molecule has 3 nitrogen and oxygen atoms in total. The Hall–Kier alpha value is -1.82. The van der Waals surface area contributed by atoms with Gasteiger partial charge in [-0.3, -0.25) is 0 Å². The molecule has 0 aliphatic rings. The molecular formula is C10H7F3N2O. The second kappa shape index (κ2) is 3.97. The van der Waals surface area contributed by atoms with Gasteiger partial charge in [0.05, 0.1) is 18.3 Å². The molecule has 2 aromatic rings. The molecule has 0 radical (unpaired) electrons. The number of nitrogens with zero attached hydrogens (tertiary/aromatic N) is 1. The molecule has 2 rings (SSSR count). The molecule has 2 N–H and O–H groups in total. The van der Waals surface area contributed by atoms with E-state index >= 15 is 0 Å². The minimum atomic E-state index is -1.54. The number of oxazole rings is 1. The summed E-state index contributed by atoms with van der Waals surface area (Å²) in [4.78, 5) is 3.73. The Bertz CT molecular complexity index is 525. The lowest BCUT2D eigenvalue weighted by Gasteiger charge is -2.00. The van der Waals surface area contributed by atoms with Crippen LogP contribution in [0.4, 0.5) is 13.2 Å². The van der Waals surface area contributed by atoms with Gasteiger partial charge >= 0.3 is 0 Å². The highest BCUT2D eigenvalue weighted by molar-refractivity contribution is 5.57. The third-order valence-corrected chi connectivity index (χ3v) is 2.03. The predicted molar refractivity (Wildman–Crippen MR) is 49.7 cm³/mol. The van der Waals surface area contributed by atoms with Crippen molar-refractivity contribution < 1.29 is 17.6 Å². The summed E-state index contributed by atoms with van der Waals surface area (Å²) < 4.78 is 44.0. The molecule has 1 aromatic heterocycles. The van der Waals surface area contributed by atoms with Crippen molar-refractivity contribution in [1.82, 2.24) is 4.98 Å². The minimum absolute atomic E-state index is 0.0110. The normalized spacial score (nSPS) is 10.8. The summed E-state index contributed by atoms with van der Waals surface area (Å²) in [6.07, 6.45) is 1.21. The molecule has 0 aliphatic heterocycles. The Balaban J connectivity index is 2.52. The van der Waals surface area contributed by atoms with Crippen molar-refractivity contribution in [2.45, 2.75) is 6.54 Å². The zero-order valence-electron chi connectivity index (χ0n) is 8.01. The average Bonchev–Trinajstić information content (AvgIpc) is 2.74. The summed E-state index contributed by atoms with van der Waals surface area (Å²) in [5.74, 6) is -3.89. The first-order valence-electron chi connectivity index (χ1n) is 4.42. The van der Waals surface area contributed by atoms with Crippen LogP contribution >= 0.6 is 0 Å². The molecule has 0 unspecified atom stereocenters. The van der Waals surface area contributed by atoms with Gasteiger partial charge in [0.25, 0.3) is 0 Å². The molecule has 0 fully saturated rings. The third-order valence-electron chi connectivity index (χ3n) is 2.03. The van der Waals surface area contributed by atoms with Crippen molar-refractivity contribution in [3.05, 3.63) is 41.7 Å². The molecular weight excluding hydrogens is 221 g/mol. The molecule has 0 atom stereocenters. The Labute approximate surface area is 88.7 Å². The van der Waals surface area contributed by atoms with Gasteiger partial charge in [-0.1, -0.05) is 0 Å². The maximum Gasteiger partial charge on any atom is 0.208 e. The van der Waals surface area contributed by atoms with Crippen molar-refractivity contribution in [3.63, 3.8) is 0 Å². The number of rotatable bonds is 2. The molecule has 0 amide bonds. The summed E-state index contributed by atoms with van der Waals surface area (Å²) >= 11 is 0. The number of hydrogen-bond donors (Lipinski definition) is 1. The van der Waals surface area contributed by atoms with Crippen LogP contribution in [0.3, 0.4) is 0 Å². The first kappa shape index (κ1) is 10.7. The Morgan fingerprint density at radius 3 is 2.56 bits per heavy atom. The summed E-state index contributed by atoms with van der Waals surface area (Å²) in [5, 5.41) is 0. The Morgan fingerprint density at radius 2 is 1.94 bits per heavy atom. The van der Waals surface area contributed by atoms with E-state index in [1.54, 1.807) is 0 Å². The Kier molecular flexibility index (Phi) is 2.66. The van der Waals surface area contributed by atoms with Gasteiger partial charge in [-0.05, 0) is 12.1 Å². The first-order chi connectivity index (χ1) is 7.63. The zero-order chi connectivity index (χ0) is 11.7. The summed E-state index contributed by atoms with van der Waals surface area (Å²) in [7, 11) is 0. The second-order valence-corrected chi connectivity index (χ2v) is 3.05. The number of benzene rings is 1. The average molecular weight is 228 g/mol. The molecule has 0 aliphatic carbocycles. The van der Waals surface area contributed by atoms with Gasteiger partial charge < -0.3 is 10.2 Å². The maximum absolute atomic E-state index is 13.3. The lowest BCUT2D eigenvalue weighted by molar-refractivity contribution is 0.444. The molecule has 6 heteroatoms. The molecule has 1 aromatic carbocycles. The van der Waals surface area contributed by atoms with Crippen molar-refractivity contribution in [2.75, 3.05) is 0 Å². The minimum Gasteiger partial charge on any atom is -0.439 e. The van der Waals surface area contributed by atoms with Crippen LogP contribution in [-0.4, -0.2) is 4.98 Å². The second-order valence-electron chi connectivity index (χ2n) is 3.05. The number of aromatic nitrogens is 1. The Morgan fingerprint density at radius 1 is 1.19 bits per heavy atom. The van der Waals surface area contributed by atoms with Crippen molar-refractivity contribution in [2.24, 2.45) is 5.73 Å². The van der Waals surface area contributed by atoms with Gasteiger partial charge in [0, 0.05) is 0 Å². The zero-order valence-corrected chi connectivity index (χ0v) is 8.01. The van der Waals surface area contributed by atoms with Crippen LogP contribution in [0.25, 0.3) is 11.3 Å². The van der Waals surface area contributed by atoms with Crippen LogP contribution in [0.5, 0.6) is 0 Å². The van der Waals surface area contributed by atoms with Crippen LogP contribution in [0.1, 0.15) is 5.89 Å². The monoisotopic (exact) mass is 228 g/mol. The number of halogens is 3. The van der Waals surface area contributed by atoms with Gasteiger partial charge in [-0.2, -0.15) is 0 Å². The van der Waals surface area contributed by atoms with Crippen molar-refractivity contribution in [1.29, 1.82) is 0 Å². The van der Waals surface area contributed by atoms with E-state index < -0.39 is 17.5 Å². The molecule has 0 bridgehead atoms. The highest BCUT2D eigenvalue weighted by Crippen LogP contribution is 2.26. The number of hydrogen-bond acceptors (Lipinski definition) is 3. The van der Waals surface area contributed by atoms with Crippen LogP contribution < -0.4 is 5.73 Å². The van der Waals surface area contributed by atoms with Crippen LogP contribution in [0, 0.1) is 17.5 Å².